The van der Waals surface area contributed by atoms with Gasteiger partial charge in [0, 0.05) is 5.92 Å². The van der Waals surface area contributed by atoms with Crippen molar-refractivity contribution < 1.29 is 22.4 Å². The first-order chi connectivity index (χ1) is 8.99. The zero-order valence-electron chi connectivity index (χ0n) is 10.3. The van der Waals surface area contributed by atoms with E-state index >= 15 is 0 Å². The van der Waals surface area contributed by atoms with E-state index in [0.29, 0.717) is 18.4 Å². The second kappa shape index (κ2) is 5.87. The van der Waals surface area contributed by atoms with Gasteiger partial charge in [0.2, 0.25) is 5.89 Å². The molecule has 0 amide bonds. The quantitative estimate of drug-likeness (QED) is 0.892. The zero-order chi connectivity index (χ0) is 13.9. The Hall–Kier alpha value is -1.15. The third-order valence-corrected chi connectivity index (χ3v) is 3.26. The second-order valence-corrected chi connectivity index (χ2v) is 4.69. The van der Waals surface area contributed by atoms with Gasteiger partial charge in [0.15, 0.2) is 5.82 Å². The Kier molecular flexibility index (Phi) is 4.41. The van der Waals surface area contributed by atoms with Crippen LogP contribution in [0.15, 0.2) is 4.52 Å². The van der Waals surface area contributed by atoms with Gasteiger partial charge in [-0.15, -0.1) is 0 Å². The minimum atomic E-state index is -4.34. The van der Waals surface area contributed by atoms with Crippen LogP contribution in [-0.2, 0) is 11.3 Å². The van der Waals surface area contributed by atoms with Crippen molar-refractivity contribution in [2.24, 2.45) is 11.7 Å². The largest absolute Gasteiger partial charge is 0.411 e. The van der Waals surface area contributed by atoms with Crippen LogP contribution in [0.3, 0.4) is 0 Å². The normalized spacial score (nSPS) is 24.0. The molecule has 19 heavy (non-hydrogen) atoms. The Balaban J connectivity index is 1.88. The predicted octanol–water partition coefficient (Wildman–Crippen LogP) is 1.99. The zero-order valence-corrected chi connectivity index (χ0v) is 10.3. The maximum absolute atomic E-state index is 11.9. The van der Waals surface area contributed by atoms with Crippen molar-refractivity contribution in [2.45, 2.75) is 38.0 Å². The summed E-state index contributed by atoms with van der Waals surface area (Å²) in [5, 5.41) is 3.63. The maximum Gasteiger partial charge on any atom is 0.411 e. The summed E-state index contributed by atoms with van der Waals surface area (Å²) in [7, 11) is 0. The van der Waals surface area contributed by atoms with Gasteiger partial charge < -0.3 is 15.0 Å². The highest BCUT2D eigenvalue weighted by atomic mass is 19.4. The number of hydrogen-bond donors (Lipinski definition) is 1. The predicted molar refractivity (Wildman–Crippen MR) is 59.1 cm³/mol. The summed E-state index contributed by atoms with van der Waals surface area (Å²) in [6, 6.07) is 0. The molecule has 1 aliphatic rings. The van der Waals surface area contributed by atoms with Crippen LogP contribution < -0.4 is 5.73 Å². The van der Waals surface area contributed by atoms with E-state index in [-0.39, 0.29) is 18.3 Å². The summed E-state index contributed by atoms with van der Waals surface area (Å²) in [4.78, 5) is 4.08. The molecule has 0 spiro atoms. The lowest BCUT2D eigenvalue weighted by atomic mass is 9.96. The molecule has 1 saturated carbocycles. The number of alkyl halides is 3. The maximum atomic E-state index is 11.9. The molecule has 108 valence electrons. The van der Waals surface area contributed by atoms with Gasteiger partial charge in [0.25, 0.3) is 0 Å². The molecule has 5 nitrogen and oxygen atoms in total. The van der Waals surface area contributed by atoms with Gasteiger partial charge in [-0.1, -0.05) is 11.6 Å². The number of nitrogens with two attached hydrogens (primary N) is 1. The molecule has 0 bridgehead atoms. The van der Waals surface area contributed by atoms with Crippen LogP contribution in [0.5, 0.6) is 0 Å². The molecule has 1 fully saturated rings. The van der Waals surface area contributed by atoms with Crippen molar-refractivity contribution in [1.29, 1.82) is 0 Å². The van der Waals surface area contributed by atoms with Gasteiger partial charge >= 0.3 is 6.18 Å². The highest BCUT2D eigenvalue weighted by Gasteiger charge is 2.32. The van der Waals surface area contributed by atoms with Crippen LogP contribution in [0.1, 0.15) is 36.9 Å². The molecule has 0 aliphatic heterocycles. The summed E-state index contributed by atoms with van der Waals surface area (Å²) in [5.41, 5.74) is 5.66. The van der Waals surface area contributed by atoms with E-state index in [1.807, 2.05) is 0 Å². The van der Waals surface area contributed by atoms with Crippen LogP contribution >= 0.6 is 0 Å². The van der Waals surface area contributed by atoms with Gasteiger partial charge in [-0.2, -0.15) is 18.2 Å². The number of halogens is 3. The fourth-order valence-corrected chi connectivity index (χ4v) is 2.38. The molecule has 0 saturated heterocycles. The van der Waals surface area contributed by atoms with Crippen LogP contribution in [0.25, 0.3) is 0 Å². The average Bonchev–Trinajstić information content (AvgIpc) is 2.93. The van der Waals surface area contributed by atoms with Gasteiger partial charge in [0.1, 0.15) is 13.2 Å². The molecule has 2 N–H and O–H groups in total. The summed E-state index contributed by atoms with van der Waals surface area (Å²) in [5.74, 6) is 1.03. The first-order valence-corrected chi connectivity index (χ1v) is 6.16. The third-order valence-electron chi connectivity index (χ3n) is 3.26. The molecule has 2 unspecified atom stereocenters. The van der Waals surface area contributed by atoms with E-state index in [1.165, 1.54) is 0 Å². The summed E-state index contributed by atoms with van der Waals surface area (Å²) in [6.45, 7) is -1.07. The van der Waals surface area contributed by atoms with E-state index in [0.717, 1.165) is 19.3 Å². The molecule has 0 radical (unpaired) electrons. The molecule has 1 aliphatic carbocycles. The van der Waals surface area contributed by atoms with E-state index in [9.17, 15) is 13.2 Å². The minimum absolute atomic E-state index is 0.119. The molecule has 8 heteroatoms. The van der Waals surface area contributed by atoms with Crippen molar-refractivity contribution in [3.63, 3.8) is 0 Å². The number of aromatic nitrogens is 2. The number of nitrogens with zero attached hydrogens (tertiary/aromatic N) is 2. The number of rotatable bonds is 5. The molecule has 1 heterocycles. The van der Waals surface area contributed by atoms with Crippen LogP contribution in [-0.4, -0.2) is 29.5 Å². The van der Waals surface area contributed by atoms with E-state index in [1.54, 1.807) is 0 Å². The van der Waals surface area contributed by atoms with Crippen molar-refractivity contribution in [3.8, 4) is 0 Å². The molecule has 2 rings (SSSR count). The van der Waals surface area contributed by atoms with Crippen LogP contribution in [0, 0.1) is 5.92 Å². The summed E-state index contributed by atoms with van der Waals surface area (Å²) in [6.07, 6.45) is -1.35. The average molecular weight is 279 g/mol. The second-order valence-electron chi connectivity index (χ2n) is 4.69. The molecular formula is C11H16F3N3O2. The van der Waals surface area contributed by atoms with Crippen molar-refractivity contribution in [2.75, 3.05) is 13.2 Å². The summed E-state index contributed by atoms with van der Waals surface area (Å²) < 4.78 is 45.3. The number of hydrogen-bond acceptors (Lipinski definition) is 5. The Bertz CT molecular complexity index is 408. The lowest BCUT2D eigenvalue weighted by molar-refractivity contribution is -0.177. The Morgan fingerprint density at radius 1 is 1.37 bits per heavy atom. The van der Waals surface area contributed by atoms with Crippen molar-refractivity contribution in [1.82, 2.24) is 10.1 Å². The van der Waals surface area contributed by atoms with Gasteiger partial charge in [-0.05, 0) is 25.3 Å². The van der Waals surface area contributed by atoms with Crippen molar-refractivity contribution >= 4 is 0 Å². The minimum Gasteiger partial charge on any atom is -0.364 e. The smallest absolute Gasteiger partial charge is 0.364 e. The topological polar surface area (TPSA) is 74.2 Å². The van der Waals surface area contributed by atoms with Gasteiger partial charge in [-0.3, -0.25) is 0 Å². The standard InChI is InChI=1S/C11H16F3N3O2/c12-11(13,14)6-18-5-9-16-10(19-17-9)8-3-1-2-7(8)4-15/h7-8H,1-6,15H2. The highest BCUT2D eigenvalue weighted by Crippen LogP contribution is 2.38. The van der Waals surface area contributed by atoms with Gasteiger partial charge in [0.05, 0.1) is 0 Å². The Morgan fingerprint density at radius 3 is 2.84 bits per heavy atom. The van der Waals surface area contributed by atoms with E-state index < -0.39 is 12.8 Å². The molecular weight excluding hydrogens is 263 g/mol. The summed E-state index contributed by atoms with van der Waals surface area (Å²) >= 11 is 0. The Labute approximate surface area is 108 Å². The first-order valence-electron chi connectivity index (χ1n) is 6.16. The van der Waals surface area contributed by atoms with Crippen LogP contribution in [0.2, 0.25) is 0 Å². The lowest BCUT2D eigenvalue weighted by Gasteiger charge is -2.12. The van der Waals surface area contributed by atoms with E-state index in [4.69, 9.17) is 10.3 Å². The molecule has 1 aromatic rings. The van der Waals surface area contributed by atoms with Gasteiger partial charge in [-0.25, -0.2) is 0 Å². The SMILES string of the molecule is NCC1CCCC1c1nc(COCC(F)(F)F)no1. The fourth-order valence-electron chi connectivity index (χ4n) is 2.38. The molecule has 1 aromatic heterocycles. The monoisotopic (exact) mass is 279 g/mol. The lowest BCUT2D eigenvalue weighted by Crippen LogP contribution is -2.18. The van der Waals surface area contributed by atoms with E-state index in [2.05, 4.69) is 14.9 Å². The highest BCUT2D eigenvalue weighted by molar-refractivity contribution is 5.00. The first kappa shape index (κ1) is 14.3. The van der Waals surface area contributed by atoms with Crippen LogP contribution in [0.4, 0.5) is 13.2 Å². The molecule has 0 aromatic carbocycles. The van der Waals surface area contributed by atoms with Crippen molar-refractivity contribution in [3.05, 3.63) is 11.7 Å². The third kappa shape index (κ3) is 3.90. The number of ether oxygens (including phenoxy) is 1. The molecule has 2 atom stereocenters. The Morgan fingerprint density at radius 2 is 2.16 bits per heavy atom. The fraction of sp³-hybridized carbons (Fsp3) is 0.818.